The third-order valence-corrected chi connectivity index (χ3v) is 4.13. The minimum absolute atomic E-state index is 0.0810. The van der Waals surface area contributed by atoms with Crippen molar-refractivity contribution in [2.45, 2.75) is 33.7 Å². The molecule has 1 aromatic heterocycles. The average molecular weight is 386 g/mol. The maximum absolute atomic E-state index is 12.7. The maximum atomic E-state index is 12.7. The van der Waals surface area contributed by atoms with Crippen molar-refractivity contribution >= 4 is 23.6 Å². The number of para-hydroxylation sites is 1. The molecule has 0 aliphatic heterocycles. The van der Waals surface area contributed by atoms with Crippen LogP contribution in [-0.4, -0.2) is 40.7 Å². The maximum Gasteiger partial charge on any atom is 0.328 e. The number of esters is 1. The number of nitrogens with zero attached hydrogens (tertiary/aromatic N) is 2. The first-order valence-electron chi connectivity index (χ1n) is 9.09. The molecule has 0 radical (unpaired) electrons. The van der Waals surface area contributed by atoms with Crippen LogP contribution in [0.5, 0.6) is 0 Å². The van der Waals surface area contributed by atoms with E-state index in [0.29, 0.717) is 11.5 Å². The van der Waals surface area contributed by atoms with Crippen molar-refractivity contribution in [2.75, 3.05) is 12.4 Å². The number of ether oxygens (including phenoxy) is 1. The van der Waals surface area contributed by atoms with E-state index in [0.717, 1.165) is 0 Å². The molecule has 2 aromatic rings. The third kappa shape index (κ3) is 4.97. The van der Waals surface area contributed by atoms with Crippen molar-refractivity contribution in [3.05, 3.63) is 42.1 Å². The van der Waals surface area contributed by atoms with Crippen LogP contribution in [0.3, 0.4) is 0 Å². The van der Waals surface area contributed by atoms with Crippen LogP contribution in [0.2, 0.25) is 0 Å². The van der Waals surface area contributed by atoms with E-state index in [4.69, 9.17) is 4.74 Å². The summed E-state index contributed by atoms with van der Waals surface area (Å²) in [5.74, 6) is -1.28. The number of methoxy groups -OCH3 is 1. The Morgan fingerprint density at radius 3 is 2.25 bits per heavy atom. The Morgan fingerprint density at radius 2 is 1.71 bits per heavy atom. The Kier molecular flexibility index (Phi) is 6.92. The summed E-state index contributed by atoms with van der Waals surface area (Å²) in [6.45, 7) is 7.16. The molecule has 150 valence electrons. The summed E-state index contributed by atoms with van der Waals surface area (Å²) in [5, 5.41) is 9.76. The number of rotatable bonds is 7. The summed E-state index contributed by atoms with van der Waals surface area (Å²) >= 11 is 0. The van der Waals surface area contributed by atoms with Gasteiger partial charge >= 0.3 is 5.97 Å². The van der Waals surface area contributed by atoms with E-state index in [1.54, 1.807) is 27.7 Å². The fourth-order valence-electron chi connectivity index (χ4n) is 2.46. The number of carbonyl (C=O) groups is 3. The molecule has 2 rings (SSSR count). The molecule has 0 spiro atoms. The second kappa shape index (κ2) is 9.16. The summed E-state index contributed by atoms with van der Waals surface area (Å²) in [6, 6.07) is 9.82. The topological polar surface area (TPSA) is 102 Å². The van der Waals surface area contributed by atoms with Crippen molar-refractivity contribution in [2.24, 2.45) is 11.8 Å². The third-order valence-electron chi connectivity index (χ3n) is 4.13. The van der Waals surface area contributed by atoms with E-state index in [9.17, 15) is 14.4 Å². The van der Waals surface area contributed by atoms with Crippen LogP contribution < -0.4 is 10.6 Å². The van der Waals surface area contributed by atoms with Crippen LogP contribution in [0.15, 0.2) is 36.4 Å². The lowest BCUT2D eigenvalue weighted by molar-refractivity contribution is -0.144. The Hall–Kier alpha value is -3.16. The van der Waals surface area contributed by atoms with Gasteiger partial charge in [0.1, 0.15) is 11.9 Å². The molecule has 0 saturated carbocycles. The molecule has 8 nitrogen and oxygen atoms in total. The highest BCUT2D eigenvalue weighted by Gasteiger charge is 2.27. The first kappa shape index (κ1) is 21.1. The van der Waals surface area contributed by atoms with Gasteiger partial charge < -0.3 is 15.4 Å². The van der Waals surface area contributed by atoms with E-state index in [1.807, 2.05) is 30.3 Å². The van der Waals surface area contributed by atoms with Crippen molar-refractivity contribution < 1.29 is 19.1 Å². The van der Waals surface area contributed by atoms with Crippen LogP contribution >= 0.6 is 0 Å². The second-order valence-electron chi connectivity index (χ2n) is 7.02. The number of benzene rings is 1. The van der Waals surface area contributed by atoms with E-state index < -0.39 is 17.9 Å². The molecule has 0 fully saturated rings. The Labute approximate surface area is 164 Å². The van der Waals surface area contributed by atoms with Crippen LogP contribution in [0, 0.1) is 11.8 Å². The fourth-order valence-corrected chi connectivity index (χ4v) is 2.46. The highest BCUT2D eigenvalue weighted by molar-refractivity contribution is 5.97. The first-order chi connectivity index (χ1) is 13.2. The van der Waals surface area contributed by atoms with Gasteiger partial charge in [0, 0.05) is 12.0 Å². The molecule has 0 aliphatic rings. The molecule has 28 heavy (non-hydrogen) atoms. The van der Waals surface area contributed by atoms with Crippen LogP contribution in [0.4, 0.5) is 5.82 Å². The molecule has 8 heteroatoms. The van der Waals surface area contributed by atoms with Crippen LogP contribution in [-0.2, 0) is 14.3 Å². The normalized spacial score (nSPS) is 12.0. The fraction of sp³-hybridized carbons (Fsp3) is 0.400. The van der Waals surface area contributed by atoms with E-state index in [-0.39, 0.29) is 23.4 Å². The van der Waals surface area contributed by atoms with Gasteiger partial charge in [-0.2, -0.15) is 5.10 Å². The summed E-state index contributed by atoms with van der Waals surface area (Å²) < 4.78 is 6.24. The highest BCUT2D eigenvalue weighted by atomic mass is 16.5. The predicted octanol–water partition coefficient (Wildman–Crippen LogP) is 2.39. The molecular weight excluding hydrogens is 360 g/mol. The summed E-state index contributed by atoms with van der Waals surface area (Å²) in [5.41, 5.74) is 0.770. The summed E-state index contributed by atoms with van der Waals surface area (Å²) in [4.78, 5) is 36.8. The molecule has 2 N–H and O–H groups in total. The number of aromatic nitrogens is 2. The minimum Gasteiger partial charge on any atom is -0.467 e. The van der Waals surface area contributed by atoms with Gasteiger partial charge in [-0.05, 0) is 18.1 Å². The zero-order valence-electron chi connectivity index (χ0n) is 16.7. The van der Waals surface area contributed by atoms with Crippen molar-refractivity contribution in [3.8, 4) is 5.69 Å². The smallest absolute Gasteiger partial charge is 0.328 e. The first-order valence-corrected chi connectivity index (χ1v) is 9.09. The average Bonchev–Trinajstić information content (AvgIpc) is 3.09. The number of hydrogen-bond acceptors (Lipinski definition) is 5. The molecule has 1 heterocycles. The monoisotopic (exact) mass is 386 g/mol. The van der Waals surface area contributed by atoms with Crippen molar-refractivity contribution in [1.29, 1.82) is 0 Å². The second-order valence-corrected chi connectivity index (χ2v) is 7.02. The van der Waals surface area contributed by atoms with Gasteiger partial charge in [0.25, 0.3) is 5.91 Å². The van der Waals surface area contributed by atoms with Gasteiger partial charge in [-0.25, -0.2) is 9.48 Å². The standard InChI is InChI=1S/C20H26N4O4/c1-12(2)17(20(27)28-5)22-19(26)15-11-16(21-18(25)13(3)4)24(23-15)14-9-7-6-8-10-14/h6-13,17H,1-5H3,(H,21,25)(H,22,26). The van der Waals surface area contributed by atoms with Gasteiger partial charge in [-0.3, -0.25) is 9.59 Å². The Balaban J connectivity index is 2.37. The zero-order valence-corrected chi connectivity index (χ0v) is 16.7. The Bertz CT molecular complexity index is 843. The van der Waals surface area contributed by atoms with Gasteiger partial charge in [0.05, 0.1) is 12.8 Å². The molecule has 1 aromatic carbocycles. The number of amides is 2. The number of anilines is 1. The van der Waals surface area contributed by atoms with Crippen molar-refractivity contribution in [1.82, 2.24) is 15.1 Å². The molecular formula is C20H26N4O4. The molecule has 1 atom stereocenters. The number of hydrogen-bond donors (Lipinski definition) is 2. The largest absolute Gasteiger partial charge is 0.467 e. The van der Waals surface area contributed by atoms with Crippen LogP contribution in [0.25, 0.3) is 5.69 Å². The SMILES string of the molecule is COC(=O)C(NC(=O)c1cc(NC(=O)C(C)C)n(-c2ccccc2)n1)C(C)C. The van der Waals surface area contributed by atoms with Gasteiger partial charge in [0.2, 0.25) is 5.91 Å². The minimum atomic E-state index is -0.798. The van der Waals surface area contributed by atoms with Gasteiger partial charge in [-0.15, -0.1) is 0 Å². The molecule has 1 unspecified atom stereocenters. The zero-order chi connectivity index (χ0) is 20.8. The molecule has 2 amide bonds. The highest BCUT2D eigenvalue weighted by Crippen LogP contribution is 2.18. The summed E-state index contributed by atoms with van der Waals surface area (Å²) in [7, 11) is 1.27. The van der Waals surface area contributed by atoms with Gasteiger partial charge in [0.15, 0.2) is 5.69 Å². The summed E-state index contributed by atoms with van der Waals surface area (Å²) in [6.07, 6.45) is 0. The lowest BCUT2D eigenvalue weighted by atomic mass is 10.0. The Morgan fingerprint density at radius 1 is 1.07 bits per heavy atom. The number of nitrogens with one attached hydrogen (secondary N) is 2. The quantitative estimate of drug-likeness (QED) is 0.712. The van der Waals surface area contributed by atoms with E-state index in [2.05, 4.69) is 15.7 Å². The molecule has 0 saturated heterocycles. The van der Waals surface area contributed by atoms with Crippen molar-refractivity contribution in [3.63, 3.8) is 0 Å². The predicted molar refractivity (Wildman–Crippen MR) is 105 cm³/mol. The molecule has 0 aliphatic carbocycles. The van der Waals surface area contributed by atoms with E-state index >= 15 is 0 Å². The van der Waals surface area contributed by atoms with Gasteiger partial charge in [-0.1, -0.05) is 45.9 Å². The van der Waals surface area contributed by atoms with Crippen LogP contribution in [0.1, 0.15) is 38.2 Å². The number of carbonyl (C=O) groups excluding carboxylic acids is 3. The lowest BCUT2D eigenvalue weighted by Gasteiger charge is -2.19. The van der Waals surface area contributed by atoms with E-state index in [1.165, 1.54) is 17.9 Å². The molecule has 0 bridgehead atoms. The lowest BCUT2D eigenvalue weighted by Crippen LogP contribution is -2.45.